The molecule has 0 saturated heterocycles. The van der Waals surface area contributed by atoms with Crippen molar-refractivity contribution in [1.29, 1.82) is 5.26 Å². The number of hydrogen-bond donors (Lipinski definition) is 11. The second-order valence-electron chi connectivity index (χ2n) is 24.4. The van der Waals surface area contributed by atoms with Gasteiger partial charge >= 0.3 is 6.18 Å². The molecule has 0 bridgehead atoms. The predicted octanol–water partition coefficient (Wildman–Crippen LogP) is 28.7. The standard InChI is InChI=1S/C22H14Cl2I2N2O2.C19H11Cl2I2NO3.C14H8Br2F3NO2.C13H6Cl5NO3.C13H8Cl2N2O4/c1-11-6-15(17(10-27)12-2-4-13(23)5-3-12)18(24)9-20(11)28-22(30)16-7-14(25)8-19(26)21(16)29;20-10-1-4-13(5-2-10)27-17-6-3-12(9-15(17)21)24-19(26)14-7-11(22)8-16(23)18(14)25;15-8-5-10(12(21)11(16)6-8)13(22)20-9-3-1-2-7(4-9)14(17,18)19;14-4-1-6(16)11(20)8(2-4)19-13(22)9-10(18)5(15)3-7(17)12(9)21;14-7-1-4-12(18)9(5-7)13(19)16-11-3-2-8(17(20)21)6-10(11)15/h2-9,17,29H,1H3,(H,28,30);1-9,25H,(H,24,26);1-6,21H,(H,20,22);1-3,20-21H,(H,19,22);1-6,18H,(H,16,19). The number of nitro groups is 1. The van der Waals surface area contributed by atoms with Crippen molar-refractivity contribution in [2.24, 2.45) is 0 Å². The van der Waals surface area contributed by atoms with E-state index >= 15 is 0 Å². The average molecular weight is 2460 g/mol. The van der Waals surface area contributed by atoms with E-state index in [9.17, 15) is 83.2 Å². The van der Waals surface area contributed by atoms with E-state index < -0.39 is 57.9 Å². The Kier molecular flexibility index (Phi) is 36.8. The van der Waals surface area contributed by atoms with Crippen molar-refractivity contribution < 1.29 is 77.4 Å². The van der Waals surface area contributed by atoms with Crippen LogP contribution in [-0.4, -0.2) is 65.1 Å². The Morgan fingerprint density at radius 1 is 0.475 bits per heavy atom. The Balaban J connectivity index is 0.000000191. The molecule has 5 amide bonds. The molecule has 0 saturated carbocycles. The molecule has 1 unspecified atom stereocenters. The molecule has 0 aromatic heterocycles. The van der Waals surface area contributed by atoms with Crippen molar-refractivity contribution in [1.82, 2.24) is 0 Å². The topological polar surface area (TPSA) is 343 Å². The first kappa shape index (κ1) is 99.8. The van der Waals surface area contributed by atoms with Crippen LogP contribution in [0.4, 0.5) is 47.3 Å². The minimum atomic E-state index is -4.50. The lowest BCUT2D eigenvalue weighted by molar-refractivity contribution is -0.384. The summed E-state index contributed by atoms with van der Waals surface area (Å²) in [5, 5.41) is 94.5. The zero-order valence-corrected chi connectivity index (χ0v) is 80.6. The molecule has 41 heteroatoms. The predicted molar refractivity (Wildman–Crippen MR) is 512 cm³/mol. The molecule has 0 fully saturated rings. The van der Waals surface area contributed by atoms with Crippen molar-refractivity contribution in [2.75, 3.05) is 26.6 Å². The third-order valence-corrected chi connectivity index (χ3v) is 23.2. The molecular formula is C81H47Br2Cl11F3I4N7O14. The number of nitro benzene ring substituents is 1. The van der Waals surface area contributed by atoms with Gasteiger partial charge in [0.05, 0.1) is 97.9 Å². The summed E-state index contributed by atoms with van der Waals surface area (Å²) in [4.78, 5) is 71.7. The van der Waals surface area contributed by atoms with Gasteiger partial charge in [0.15, 0.2) is 5.75 Å². The first-order valence-electron chi connectivity index (χ1n) is 33.3. The molecule has 630 valence electrons. The Bertz CT molecular complexity index is 6110. The van der Waals surface area contributed by atoms with Crippen LogP contribution < -0.4 is 31.3 Å². The molecule has 12 aromatic rings. The molecule has 0 spiro atoms. The first-order valence-corrected chi connectivity index (χ1v) is 43.3. The number of amides is 5. The van der Waals surface area contributed by atoms with E-state index in [2.05, 4.69) is 110 Å². The SMILES string of the molecule is Cc1cc(C(C#N)c2ccc(Cl)cc2)c(Cl)cc1NC(=O)c1cc(I)cc(I)c1O.O=C(Nc1cc(Cl)cc(Cl)c1O)c1c(O)c(Cl)cc(Cl)c1Cl.O=C(Nc1ccc(Oc2ccc(Cl)cc2)c(Cl)c1)c1cc(I)cc(I)c1O.O=C(Nc1ccc([N+](=O)[O-])cc1Cl)c1cc(Cl)ccc1O.O=C(Nc1cccc(C(F)(F)F)c1)c1cc(Br)cc(Br)c1O. The molecule has 12 rings (SSSR count). The maximum atomic E-state index is 12.7. The van der Waals surface area contributed by atoms with Crippen molar-refractivity contribution in [3.05, 3.63) is 333 Å². The van der Waals surface area contributed by atoms with E-state index in [4.69, 9.17) is 132 Å². The van der Waals surface area contributed by atoms with Crippen LogP contribution in [0.15, 0.2) is 203 Å². The number of alkyl halides is 3. The summed E-state index contributed by atoms with van der Waals surface area (Å²) < 4.78 is 47.3. The van der Waals surface area contributed by atoms with Crippen molar-refractivity contribution in [2.45, 2.75) is 19.0 Å². The number of non-ortho nitro benzene ring substituents is 1. The normalized spacial score (nSPS) is 10.9. The van der Waals surface area contributed by atoms with E-state index in [1.807, 2.05) is 52.1 Å². The number of carbonyl (C=O) groups is 5. The average Bonchev–Trinajstić information content (AvgIpc) is 0.798. The van der Waals surface area contributed by atoms with Gasteiger partial charge in [-0.2, -0.15) is 18.4 Å². The number of aryl methyl sites for hydroxylation is 1. The molecule has 122 heavy (non-hydrogen) atoms. The number of ether oxygens (including phenoxy) is 1. The Morgan fingerprint density at radius 3 is 1.57 bits per heavy atom. The lowest BCUT2D eigenvalue weighted by Gasteiger charge is -2.16. The van der Waals surface area contributed by atoms with E-state index in [1.165, 1.54) is 72.8 Å². The minimum Gasteiger partial charge on any atom is -0.507 e. The number of phenols is 6. The quantitative estimate of drug-likeness (QED) is 0.0149. The molecule has 12 aromatic carbocycles. The summed E-state index contributed by atoms with van der Waals surface area (Å²) in [6.45, 7) is 1.82. The second-order valence-corrected chi connectivity index (χ2v) is 35.6. The Hall–Kier alpha value is -7.66. The zero-order valence-electron chi connectivity index (χ0n) is 60.5. The van der Waals surface area contributed by atoms with Crippen LogP contribution in [0.25, 0.3) is 0 Å². The highest BCUT2D eigenvalue weighted by molar-refractivity contribution is 14.1. The number of nitriles is 1. The van der Waals surface area contributed by atoms with Gasteiger partial charge in [-0.3, -0.25) is 34.1 Å². The number of nitrogens with one attached hydrogen (secondary N) is 5. The Morgan fingerprint density at radius 2 is 1.01 bits per heavy atom. The highest BCUT2D eigenvalue weighted by atomic mass is 127. The van der Waals surface area contributed by atoms with E-state index in [0.29, 0.717) is 60.1 Å². The van der Waals surface area contributed by atoms with E-state index in [1.54, 1.807) is 103 Å². The maximum Gasteiger partial charge on any atom is 0.416 e. The van der Waals surface area contributed by atoms with Crippen molar-refractivity contribution >= 4 is 313 Å². The summed E-state index contributed by atoms with van der Waals surface area (Å²) in [5.41, 5.74) is 2.15. The second kappa shape index (κ2) is 45.0. The lowest BCUT2D eigenvalue weighted by Crippen LogP contribution is -2.14. The van der Waals surface area contributed by atoms with E-state index in [-0.39, 0.29) is 119 Å². The summed E-state index contributed by atoms with van der Waals surface area (Å²) in [6.07, 6.45) is -4.50. The van der Waals surface area contributed by atoms with Crippen LogP contribution in [0.2, 0.25) is 55.2 Å². The van der Waals surface area contributed by atoms with Crippen LogP contribution >= 0.6 is 250 Å². The molecule has 21 nitrogen and oxygen atoms in total. The monoisotopic (exact) mass is 2450 g/mol. The van der Waals surface area contributed by atoms with Gasteiger partial charge in [0.2, 0.25) is 0 Å². The largest absolute Gasteiger partial charge is 0.507 e. The van der Waals surface area contributed by atoms with Crippen molar-refractivity contribution in [3.63, 3.8) is 0 Å². The van der Waals surface area contributed by atoms with E-state index in [0.717, 1.165) is 36.5 Å². The molecule has 0 radical (unpaired) electrons. The smallest absolute Gasteiger partial charge is 0.416 e. The summed E-state index contributed by atoms with van der Waals surface area (Å²) in [5.74, 6) is -4.18. The highest BCUT2D eigenvalue weighted by Gasteiger charge is 2.31. The van der Waals surface area contributed by atoms with Crippen LogP contribution in [0.5, 0.6) is 46.0 Å². The van der Waals surface area contributed by atoms with Crippen LogP contribution in [0, 0.1) is 42.6 Å². The van der Waals surface area contributed by atoms with Crippen LogP contribution in [0.1, 0.15) is 80.0 Å². The fourth-order valence-electron chi connectivity index (χ4n) is 10.1. The lowest BCUT2D eigenvalue weighted by atomic mass is 9.91. The van der Waals surface area contributed by atoms with Gasteiger partial charge in [0.25, 0.3) is 35.2 Å². The first-order chi connectivity index (χ1) is 57.3. The number of anilines is 5. The molecule has 1 atom stereocenters. The number of carbonyl (C=O) groups excluding carboxylic acids is 5. The zero-order chi connectivity index (χ0) is 90.2. The summed E-state index contributed by atoms with van der Waals surface area (Å²) in [6, 6.07) is 49.9. The van der Waals surface area contributed by atoms with Gasteiger partial charge in [-0.15, -0.1) is 0 Å². The van der Waals surface area contributed by atoms with Gasteiger partial charge < -0.3 is 62.0 Å². The summed E-state index contributed by atoms with van der Waals surface area (Å²) in [7, 11) is 0. The molecular weight excluding hydrogens is 2410 g/mol. The molecule has 0 heterocycles. The fraction of sp³-hybridized carbons (Fsp3) is 0.0370. The van der Waals surface area contributed by atoms with Crippen LogP contribution in [-0.2, 0) is 6.18 Å². The third kappa shape index (κ3) is 27.4. The number of aromatic hydroxyl groups is 6. The third-order valence-electron chi connectivity index (χ3n) is 16.0. The van der Waals surface area contributed by atoms with Crippen molar-refractivity contribution in [3.8, 4) is 52.1 Å². The van der Waals surface area contributed by atoms with Gasteiger partial charge in [-0.1, -0.05) is 168 Å². The number of hydrogen-bond acceptors (Lipinski definition) is 15. The minimum absolute atomic E-state index is 0.0111. The number of nitrogens with zero attached hydrogens (tertiary/aromatic N) is 2. The van der Waals surface area contributed by atoms with Gasteiger partial charge in [-0.05, 0) is 288 Å². The van der Waals surface area contributed by atoms with Gasteiger partial charge in [0, 0.05) is 65.9 Å². The fourth-order valence-corrected chi connectivity index (χ4v) is 17.4. The van der Waals surface area contributed by atoms with Gasteiger partial charge in [-0.25, -0.2) is 0 Å². The number of halogens is 20. The highest BCUT2D eigenvalue weighted by Crippen LogP contribution is 2.44. The number of phenolic OH excluding ortho intramolecular Hbond substituents is 6. The molecule has 0 aliphatic carbocycles. The van der Waals surface area contributed by atoms with Crippen LogP contribution in [0.3, 0.4) is 0 Å². The molecule has 0 aliphatic heterocycles. The Labute approximate surface area is 816 Å². The summed E-state index contributed by atoms with van der Waals surface area (Å²) >= 11 is 79.6. The van der Waals surface area contributed by atoms with Gasteiger partial charge in [0.1, 0.15) is 45.8 Å². The maximum absolute atomic E-state index is 12.7. The number of rotatable bonds is 15. The number of benzene rings is 12. The molecule has 11 N–H and O–H groups in total. The molecule has 0 aliphatic rings.